The van der Waals surface area contributed by atoms with Gasteiger partial charge in [-0.15, -0.1) is 11.8 Å². The van der Waals surface area contributed by atoms with Crippen molar-refractivity contribution in [1.82, 2.24) is 9.99 Å². The maximum absolute atomic E-state index is 12.8. The first kappa shape index (κ1) is 19.4. The minimum absolute atomic E-state index is 0.0252. The van der Waals surface area contributed by atoms with Crippen LogP contribution in [-0.2, 0) is 9.59 Å². The van der Waals surface area contributed by atoms with E-state index in [1.807, 2.05) is 19.1 Å². The van der Waals surface area contributed by atoms with E-state index in [2.05, 4.69) is 4.98 Å². The van der Waals surface area contributed by atoms with Gasteiger partial charge in [-0.2, -0.15) is 0 Å². The van der Waals surface area contributed by atoms with Crippen molar-refractivity contribution in [2.24, 2.45) is 35.4 Å². The maximum atomic E-state index is 12.8. The molecule has 2 saturated carbocycles. The van der Waals surface area contributed by atoms with E-state index >= 15 is 0 Å². The number of hydrazine groups is 1. The minimum atomic E-state index is -0.382. The predicted octanol–water partition coefficient (Wildman–Crippen LogP) is 1.89. The highest BCUT2D eigenvalue weighted by Crippen LogP contribution is 2.68. The molecule has 1 saturated heterocycles. The van der Waals surface area contributed by atoms with Crippen molar-refractivity contribution in [2.45, 2.75) is 29.5 Å². The van der Waals surface area contributed by atoms with E-state index in [0.717, 1.165) is 26.9 Å². The van der Waals surface area contributed by atoms with Crippen molar-refractivity contribution in [3.8, 4) is 11.5 Å². The second-order valence-corrected chi connectivity index (χ2v) is 10.9. The highest BCUT2D eigenvalue weighted by atomic mass is 32.2. The quantitative estimate of drug-likeness (QED) is 0.363. The Bertz CT molecular complexity index is 1180. The van der Waals surface area contributed by atoms with E-state index in [0.29, 0.717) is 12.4 Å². The number of thioether (sulfide) groups is 1. The SMILES string of the molecule is CCOc1cc([C@H]2c3sc(=O)[nH]c3S[C@@H]3[C@H]4C[C@@H]([C@@H]5C(=O)N(N)C(=O)[C@H]45)[C@@H]23)ccc1O. The lowest BCUT2D eigenvalue weighted by atomic mass is 9.68. The van der Waals surface area contributed by atoms with E-state index in [1.165, 1.54) is 11.3 Å². The molecule has 4 aliphatic rings. The van der Waals surface area contributed by atoms with Crippen LogP contribution in [-0.4, -0.2) is 38.8 Å². The summed E-state index contributed by atoms with van der Waals surface area (Å²) in [7, 11) is 0. The normalized spacial score (nSPS) is 35.3. The van der Waals surface area contributed by atoms with E-state index in [4.69, 9.17) is 10.6 Å². The summed E-state index contributed by atoms with van der Waals surface area (Å²) in [5, 5.41) is 12.0. The Kier molecular flexibility index (Phi) is 4.13. The topological polar surface area (TPSA) is 126 Å². The van der Waals surface area contributed by atoms with Gasteiger partial charge >= 0.3 is 4.87 Å². The van der Waals surface area contributed by atoms with Crippen molar-refractivity contribution in [2.75, 3.05) is 6.61 Å². The van der Waals surface area contributed by atoms with E-state index in [9.17, 15) is 19.5 Å². The van der Waals surface area contributed by atoms with Crippen molar-refractivity contribution in [3.05, 3.63) is 38.3 Å². The average molecular weight is 460 g/mol. The summed E-state index contributed by atoms with van der Waals surface area (Å²) in [4.78, 5) is 41.6. The first-order chi connectivity index (χ1) is 14.9. The third-order valence-corrected chi connectivity index (χ3v) is 9.99. The van der Waals surface area contributed by atoms with E-state index in [-0.39, 0.29) is 63.2 Å². The fourth-order valence-corrected chi connectivity index (χ4v) is 9.30. The molecular formula is C21H21N3O5S2. The number of phenolic OH excluding ortho intramolecular Hbond substituents is 1. The monoisotopic (exact) mass is 459 g/mol. The molecule has 3 fully saturated rings. The van der Waals surface area contributed by atoms with Crippen molar-refractivity contribution in [1.29, 1.82) is 0 Å². The number of H-pyrrole nitrogens is 1. The Hall–Kier alpha value is -2.30. The van der Waals surface area contributed by atoms with Gasteiger partial charge in [-0.1, -0.05) is 17.4 Å². The molecule has 3 heterocycles. The third kappa shape index (κ3) is 2.49. The first-order valence-corrected chi connectivity index (χ1v) is 12.1. The molecule has 1 aromatic heterocycles. The Morgan fingerprint density at radius 3 is 2.71 bits per heavy atom. The van der Waals surface area contributed by atoms with Gasteiger partial charge in [0.2, 0.25) is 11.8 Å². The zero-order valence-electron chi connectivity index (χ0n) is 16.6. The standard InChI is InChI=1S/C21H21N3O5S2/c1-2-29-11-5-7(3-4-10(11)25)12-13-8-6-9(15-14(8)19(26)24(22)20(15)27)16(13)30-18-17(12)31-21(28)23-18/h3-5,8-9,12-16,25H,2,6,22H2,1H3,(H,23,28)/t8-,9+,12-,13+,14+,15-,16-/m1/s1. The lowest BCUT2D eigenvalue weighted by Gasteiger charge is -2.43. The molecule has 8 nitrogen and oxygen atoms in total. The molecule has 2 aliphatic heterocycles. The number of thiazole rings is 1. The molecule has 2 bridgehead atoms. The number of aromatic amines is 1. The van der Waals surface area contributed by atoms with Crippen LogP contribution in [0.5, 0.6) is 11.5 Å². The van der Waals surface area contributed by atoms with Crippen molar-refractivity contribution < 1.29 is 19.4 Å². The number of aromatic hydroxyl groups is 1. The average Bonchev–Trinajstić information content (AvgIpc) is 3.46. The molecule has 0 spiro atoms. The summed E-state index contributed by atoms with van der Waals surface area (Å²) >= 11 is 2.83. The number of benzene rings is 1. The van der Waals surface area contributed by atoms with Crippen molar-refractivity contribution in [3.63, 3.8) is 0 Å². The van der Waals surface area contributed by atoms with Gasteiger partial charge in [0.25, 0.3) is 0 Å². The molecule has 1 aromatic carbocycles. The highest BCUT2D eigenvalue weighted by molar-refractivity contribution is 8.00. The van der Waals surface area contributed by atoms with Crippen LogP contribution >= 0.6 is 23.1 Å². The number of rotatable bonds is 3. The molecule has 162 valence electrons. The largest absolute Gasteiger partial charge is 0.504 e. The molecule has 10 heteroatoms. The van der Waals surface area contributed by atoms with Gasteiger partial charge in [-0.05, 0) is 48.8 Å². The molecular weight excluding hydrogens is 438 g/mol. The number of hydrogen-bond acceptors (Lipinski definition) is 8. The van der Waals surface area contributed by atoms with Gasteiger partial charge < -0.3 is 14.8 Å². The van der Waals surface area contributed by atoms with Crippen LogP contribution < -0.4 is 15.5 Å². The fraction of sp³-hybridized carbons (Fsp3) is 0.476. The number of imide groups is 1. The molecule has 6 rings (SSSR count). The highest BCUT2D eigenvalue weighted by Gasteiger charge is 2.69. The number of carbonyl (C=O) groups excluding carboxylic acids is 2. The number of hydrogen-bond donors (Lipinski definition) is 3. The Morgan fingerprint density at radius 2 is 1.97 bits per heavy atom. The van der Waals surface area contributed by atoms with Gasteiger partial charge in [0.1, 0.15) is 0 Å². The van der Waals surface area contributed by atoms with Gasteiger partial charge in [0, 0.05) is 16.0 Å². The van der Waals surface area contributed by atoms with Gasteiger partial charge in [0.15, 0.2) is 11.5 Å². The lowest BCUT2D eigenvalue weighted by Crippen LogP contribution is -2.42. The molecule has 4 N–H and O–H groups in total. The number of carbonyl (C=O) groups is 2. The smallest absolute Gasteiger partial charge is 0.305 e. The summed E-state index contributed by atoms with van der Waals surface area (Å²) in [6.07, 6.45) is 0.815. The number of nitrogens with zero attached hydrogens (tertiary/aromatic N) is 1. The van der Waals surface area contributed by atoms with Crippen LogP contribution in [0, 0.1) is 29.6 Å². The van der Waals surface area contributed by atoms with Gasteiger partial charge in [-0.25, -0.2) is 10.9 Å². The summed E-state index contributed by atoms with van der Waals surface area (Å²) in [5.74, 6) is 5.03. The first-order valence-electron chi connectivity index (χ1n) is 10.4. The predicted molar refractivity (Wildman–Crippen MR) is 114 cm³/mol. The molecule has 31 heavy (non-hydrogen) atoms. The number of amides is 2. The Morgan fingerprint density at radius 1 is 1.23 bits per heavy atom. The number of ether oxygens (including phenoxy) is 1. The number of fused-ring (bicyclic) bond motifs is 9. The van der Waals surface area contributed by atoms with Gasteiger partial charge in [-0.3, -0.25) is 14.4 Å². The molecule has 2 aromatic rings. The lowest BCUT2D eigenvalue weighted by molar-refractivity contribution is -0.141. The van der Waals surface area contributed by atoms with Crippen LogP contribution in [0.3, 0.4) is 0 Å². The van der Waals surface area contributed by atoms with Crippen LogP contribution in [0.25, 0.3) is 0 Å². The summed E-state index contributed by atoms with van der Waals surface area (Å²) < 4.78 is 5.61. The van der Waals surface area contributed by atoms with Crippen LogP contribution in [0.2, 0.25) is 0 Å². The van der Waals surface area contributed by atoms with Crippen LogP contribution in [0.4, 0.5) is 0 Å². The minimum Gasteiger partial charge on any atom is -0.504 e. The zero-order valence-corrected chi connectivity index (χ0v) is 18.2. The number of nitrogens with two attached hydrogens (primary N) is 1. The second-order valence-electron chi connectivity index (χ2n) is 8.67. The van der Waals surface area contributed by atoms with E-state index < -0.39 is 0 Å². The molecule has 7 atom stereocenters. The van der Waals surface area contributed by atoms with Crippen LogP contribution in [0.1, 0.15) is 29.7 Å². The molecule has 2 aliphatic carbocycles. The molecule has 0 radical (unpaired) electrons. The summed E-state index contributed by atoms with van der Waals surface area (Å²) in [6, 6.07) is 5.32. The zero-order chi connectivity index (χ0) is 21.6. The van der Waals surface area contributed by atoms with E-state index in [1.54, 1.807) is 17.8 Å². The Balaban J connectivity index is 1.50. The second kappa shape index (κ2) is 6.60. The van der Waals surface area contributed by atoms with Crippen LogP contribution in [0.15, 0.2) is 28.0 Å². The molecule has 0 unspecified atom stereocenters. The Labute approximate surface area is 185 Å². The van der Waals surface area contributed by atoms with Gasteiger partial charge in [0.05, 0.1) is 23.5 Å². The number of aromatic nitrogens is 1. The maximum Gasteiger partial charge on any atom is 0.305 e. The van der Waals surface area contributed by atoms with Crippen molar-refractivity contribution >= 4 is 34.9 Å². The molecule has 2 amide bonds. The fourth-order valence-electron chi connectivity index (χ4n) is 6.41. The summed E-state index contributed by atoms with van der Waals surface area (Å²) in [6.45, 7) is 2.27. The summed E-state index contributed by atoms with van der Waals surface area (Å²) in [5.41, 5.74) is 0.943. The third-order valence-electron chi connectivity index (χ3n) is 7.40. The number of nitrogens with one attached hydrogen (secondary N) is 1. The number of phenols is 1.